The van der Waals surface area contributed by atoms with Gasteiger partial charge in [0.2, 0.25) is 0 Å². The fourth-order valence-electron chi connectivity index (χ4n) is 3.53. The Balaban J connectivity index is 1.32. The maximum atomic E-state index is 13.0. The number of rotatable bonds is 5. The number of thiazole rings is 1. The zero-order valence-corrected chi connectivity index (χ0v) is 18.2. The van der Waals surface area contributed by atoms with Gasteiger partial charge in [-0.25, -0.2) is 14.5 Å². The minimum absolute atomic E-state index is 0.0939. The third kappa shape index (κ3) is 3.66. The first-order valence-corrected chi connectivity index (χ1v) is 10.9. The molecule has 33 heavy (non-hydrogen) atoms. The van der Waals surface area contributed by atoms with Crippen molar-refractivity contribution in [1.29, 1.82) is 0 Å². The molecule has 0 radical (unpaired) electrons. The van der Waals surface area contributed by atoms with Gasteiger partial charge in [-0.1, -0.05) is 48.5 Å². The second-order valence-corrected chi connectivity index (χ2v) is 8.41. The highest BCUT2D eigenvalue weighted by atomic mass is 32.1. The number of hydrogen-bond acceptors (Lipinski definition) is 6. The number of urea groups is 1. The quantitative estimate of drug-likeness (QED) is 0.447. The predicted octanol–water partition coefficient (Wildman–Crippen LogP) is 3.11. The third-order valence-corrected chi connectivity index (χ3v) is 6.23. The van der Waals surface area contributed by atoms with Crippen LogP contribution in [0.5, 0.6) is 0 Å². The monoisotopic (exact) mass is 458 g/mol. The Labute approximate surface area is 192 Å². The van der Waals surface area contributed by atoms with Gasteiger partial charge < -0.3 is 5.32 Å². The number of carbonyl (C=O) groups excluding carboxylic acids is 3. The summed E-state index contributed by atoms with van der Waals surface area (Å²) in [4.78, 5) is 42.5. The van der Waals surface area contributed by atoms with Gasteiger partial charge in [0.25, 0.3) is 11.8 Å². The molecule has 1 fully saturated rings. The van der Waals surface area contributed by atoms with Crippen molar-refractivity contribution in [2.24, 2.45) is 0 Å². The first-order valence-electron chi connectivity index (χ1n) is 10.0. The average molecular weight is 459 g/mol. The molecule has 10 heteroatoms. The van der Waals surface area contributed by atoms with Gasteiger partial charge in [0.15, 0.2) is 0 Å². The molecule has 1 unspecified atom stereocenters. The molecule has 1 atom stereocenters. The smallest absolute Gasteiger partial charge is 0.318 e. The van der Waals surface area contributed by atoms with Crippen LogP contribution in [0.3, 0.4) is 0 Å². The highest BCUT2D eigenvalue weighted by Crippen LogP contribution is 2.28. The van der Waals surface area contributed by atoms with E-state index in [4.69, 9.17) is 0 Å². The summed E-state index contributed by atoms with van der Waals surface area (Å²) < 4.78 is 1.72. The minimum atomic E-state index is -1.27. The lowest BCUT2D eigenvalue weighted by atomic mass is 9.92. The van der Waals surface area contributed by atoms with E-state index in [1.807, 2.05) is 42.6 Å². The molecular formula is C23H18N6O3S. The molecule has 2 aromatic carbocycles. The average Bonchev–Trinajstić information content (AvgIpc) is 3.56. The number of benzene rings is 2. The van der Waals surface area contributed by atoms with E-state index in [-0.39, 0.29) is 5.69 Å². The molecule has 2 N–H and O–H groups in total. The minimum Gasteiger partial charge on any atom is -0.318 e. The number of nitrogens with one attached hydrogen (secondary N) is 2. The summed E-state index contributed by atoms with van der Waals surface area (Å²) in [5, 5.41) is 9.84. The number of carbonyl (C=O) groups is 3. The molecule has 5 rings (SSSR count). The summed E-state index contributed by atoms with van der Waals surface area (Å²) in [5.41, 5.74) is 3.46. The normalized spacial score (nSPS) is 17.8. The number of hydrogen-bond donors (Lipinski definition) is 2. The van der Waals surface area contributed by atoms with Crippen LogP contribution in [-0.4, -0.2) is 37.6 Å². The van der Waals surface area contributed by atoms with Crippen LogP contribution in [-0.2, 0) is 10.3 Å². The summed E-state index contributed by atoms with van der Waals surface area (Å²) in [6, 6.07) is 17.8. The number of imide groups is 1. The van der Waals surface area contributed by atoms with Crippen LogP contribution < -0.4 is 10.7 Å². The van der Waals surface area contributed by atoms with Crippen LogP contribution in [0, 0.1) is 0 Å². The topological polar surface area (TPSA) is 109 Å². The first-order chi connectivity index (χ1) is 16.0. The zero-order chi connectivity index (χ0) is 23.0. The lowest BCUT2D eigenvalue weighted by Gasteiger charge is -2.21. The van der Waals surface area contributed by atoms with Gasteiger partial charge in [-0.05, 0) is 24.6 Å². The van der Waals surface area contributed by atoms with Crippen molar-refractivity contribution >= 4 is 29.2 Å². The Bertz CT molecular complexity index is 1350. The lowest BCUT2D eigenvalue weighted by Crippen LogP contribution is -2.48. The number of para-hydroxylation sites is 1. The van der Waals surface area contributed by atoms with Gasteiger partial charge in [0, 0.05) is 17.1 Å². The van der Waals surface area contributed by atoms with Crippen molar-refractivity contribution in [3.63, 3.8) is 0 Å². The first kappa shape index (κ1) is 20.6. The fraction of sp³-hybridized carbons (Fsp3) is 0.0870. The second-order valence-electron chi connectivity index (χ2n) is 7.55. The Morgan fingerprint density at radius 2 is 1.76 bits per heavy atom. The lowest BCUT2D eigenvalue weighted by molar-refractivity contribution is -0.132. The molecule has 0 saturated carbocycles. The van der Waals surface area contributed by atoms with Gasteiger partial charge in [-0.2, -0.15) is 10.1 Å². The summed E-state index contributed by atoms with van der Waals surface area (Å²) >= 11 is 1.27. The maximum absolute atomic E-state index is 13.0. The van der Waals surface area contributed by atoms with Gasteiger partial charge in [0.1, 0.15) is 16.2 Å². The highest BCUT2D eigenvalue weighted by molar-refractivity contribution is 7.13. The highest BCUT2D eigenvalue weighted by Gasteiger charge is 2.50. The molecule has 164 valence electrons. The largest absolute Gasteiger partial charge is 0.344 e. The van der Waals surface area contributed by atoms with E-state index in [9.17, 15) is 14.4 Å². The van der Waals surface area contributed by atoms with Crippen LogP contribution in [0.2, 0.25) is 0 Å². The van der Waals surface area contributed by atoms with Gasteiger partial charge in [-0.15, -0.1) is 11.3 Å². The molecular weight excluding hydrogens is 440 g/mol. The van der Waals surface area contributed by atoms with Crippen molar-refractivity contribution in [3.8, 4) is 16.3 Å². The van der Waals surface area contributed by atoms with E-state index in [2.05, 4.69) is 20.8 Å². The van der Waals surface area contributed by atoms with Crippen LogP contribution in [0.1, 0.15) is 23.0 Å². The van der Waals surface area contributed by atoms with Crippen LogP contribution in [0.25, 0.3) is 16.3 Å². The van der Waals surface area contributed by atoms with Crippen molar-refractivity contribution in [2.45, 2.75) is 12.5 Å². The summed E-state index contributed by atoms with van der Waals surface area (Å²) in [6.45, 7) is 1.60. The van der Waals surface area contributed by atoms with E-state index in [0.717, 1.165) is 11.3 Å². The third-order valence-electron chi connectivity index (χ3n) is 5.34. The van der Waals surface area contributed by atoms with E-state index in [0.29, 0.717) is 15.6 Å². The Hall–Kier alpha value is -4.31. The molecule has 4 amide bonds. The standard InChI is InChI=1S/C23H18N6O3S/c1-23(16-8-4-2-5-9-16)21(31)29(22(32)26-23)27-19(30)18-14-33-20(25-18)15-12-24-28(13-15)17-10-6-3-7-11-17/h2-14H,1H3,(H,26,32)(H,27,30). The molecule has 4 aromatic rings. The molecule has 0 spiro atoms. The summed E-state index contributed by atoms with van der Waals surface area (Å²) in [5.74, 6) is -1.24. The van der Waals surface area contributed by atoms with E-state index in [1.54, 1.807) is 47.4 Å². The second kappa shape index (κ2) is 7.99. The molecule has 1 aliphatic rings. The number of aromatic nitrogens is 3. The molecule has 1 saturated heterocycles. The van der Waals surface area contributed by atoms with Crippen molar-refractivity contribution in [2.75, 3.05) is 0 Å². The molecule has 0 bridgehead atoms. The van der Waals surface area contributed by atoms with E-state index in [1.165, 1.54) is 11.3 Å². The molecule has 2 aromatic heterocycles. The van der Waals surface area contributed by atoms with Crippen LogP contribution in [0.4, 0.5) is 4.79 Å². The van der Waals surface area contributed by atoms with Crippen LogP contribution >= 0.6 is 11.3 Å². The van der Waals surface area contributed by atoms with Crippen molar-refractivity contribution in [1.82, 2.24) is 30.5 Å². The van der Waals surface area contributed by atoms with Crippen molar-refractivity contribution in [3.05, 3.63) is 89.7 Å². The van der Waals surface area contributed by atoms with Gasteiger partial charge in [-0.3, -0.25) is 15.0 Å². The molecule has 3 heterocycles. The molecule has 1 aliphatic heterocycles. The molecule has 0 aliphatic carbocycles. The van der Waals surface area contributed by atoms with Crippen LogP contribution in [0.15, 0.2) is 78.4 Å². The maximum Gasteiger partial charge on any atom is 0.344 e. The molecule has 9 nitrogen and oxygen atoms in total. The number of amides is 4. The van der Waals surface area contributed by atoms with Crippen molar-refractivity contribution < 1.29 is 14.4 Å². The zero-order valence-electron chi connectivity index (χ0n) is 17.4. The Morgan fingerprint density at radius 1 is 1.06 bits per heavy atom. The van der Waals surface area contributed by atoms with E-state index >= 15 is 0 Å². The summed E-state index contributed by atoms with van der Waals surface area (Å²) in [6.07, 6.45) is 3.48. The fourth-order valence-corrected chi connectivity index (χ4v) is 4.31. The predicted molar refractivity (Wildman–Crippen MR) is 121 cm³/mol. The Kier molecular flexibility index (Phi) is 4.98. The van der Waals surface area contributed by atoms with Gasteiger partial charge >= 0.3 is 6.03 Å². The summed E-state index contributed by atoms with van der Waals surface area (Å²) in [7, 11) is 0. The van der Waals surface area contributed by atoms with Gasteiger partial charge in [0.05, 0.1) is 11.9 Å². The number of hydrazine groups is 1. The SMILES string of the molecule is CC1(c2ccccc2)NC(=O)N(NC(=O)c2csc(-c3cnn(-c4ccccc4)c3)n2)C1=O. The number of nitrogens with zero attached hydrogens (tertiary/aromatic N) is 4. The Morgan fingerprint density at radius 3 is 2.48 bits per heavy atom. The van der Waals surface area contributed by atoms with E-state index < -0.39 is 23.4 Å².